The van der Waals surface area contributed by atoms with Gasteiger partial charge in [0.25, 0.3) is 0 Å². The molecule has 3 aromatic heterocycles. The number of thiophene rings is 1. The summed E-state index contributed by atoms with van der Waals surface area (Å²) in [6.45, 7) is 3.99. The van der Waals surface area contributed by atoms with Crippen LogP contribution >= 0.6 is 22.9 Å². The summed E-state index contributed by atoms with van der Waals surface area (Å²) in [7, 11) is -3.50. The van der Waals surface area contributed by atoms with E-state index in [1.807, 2.05) is 60.8 Å². The number of carbonyl (C=O) groups is 1. The number of fused-ring (bicyclic) bond motifs is 1. The van der Waals surface area contributed by atoms with E-state index in [2.05, 4.69) is 0 Å². The number of pyridine rings is 1. The molecule has 4 rings (SSSR count). The number of aryl methyl sites for hydroxylation is 2. The number of carbonyl (C=O) groups excluding carboxylic acids is 1. The van der Waals surface area contributed by atoms with Crippen molar-refractivity contribution in [3.05, 3.63) is 74.7 Å². The summed E-state index contributed by atoms with van der Waals surface area (Å²) in [5.74, 6) is -0.239. The monoisotopic (exact) mass is 458 g/mol. The average molecular weight is 459 g/mol. The molecule has 0 N–H and O–H groups in total. The van der Waals surface area contributed by atoms with Crippen LogP contribution in [0.5, 0.6) is 0 Å². The highest BCUT2D eigenvalue weighted by atomic mass is 35.5. The minimum Gasteiger partial charge on any atom is -0.303 e. The highest BCUT2D eigenvalue weighted by Crippen LogP contribution is 2.33. The molecule has 3 heterocycles. The molecule has 0 bridgehead atoms. The second kappa shape index (κ2) is 7.65. The Morgan fingerprint density at radius 2 is 1.77 bits per heavy atom. The minimum absolute atomic E-state index is 0.00520. The zero-order chi connectivity index (χ0) is 21.6. The summed E-state index contributed by atoms with van der Waals surface area (Å²) in [5.41, 5.74) is 5.30. The Balaban J connectivity index is 1.83. The number of nitrogens with zero attached hydrogens (tertiary/aromatic N) is 2. The standard InChI is InChI=1S/C22H19ClN2O3S2/c1-13-4-7-15(8-5-13)21-16(25-11-14(2)6-9-19(25)24-21)10-17(26)22-20(23)18(12-29-22)30(3,27)28/h4-9,11-12H,10H2,1-3H3. The fourth-order valence-electron chi connectivity index (χ4n) is 3.31. The van der Waals surface area contributed by atoms with E-state index in [0.717, 1.165) is 51.3 Å². The fraction of sp³-hybridized carbons (Fsp3) is 0.182. The van der Waals surface area contributed by atoms with Crippen molar-refractivity contribution in [1.82, 2.24) is 9.38 Å². The van der Waals surface area contributed by atoms with Crippen molar-refractivity contribution in [2.75, 3.05) is 6.26 Å². The van der Waals surface area contributed by atoms with Crippen LogP contribution in [-0.4, -0.2) is 29.8 Å². The van der Waals surface area contributed by atoms with Gasteiger partial charge in [-0.05, 0) is 25.5 Å². The molecule has 0 saturated carbocycles. The molecule has 0 aliphatic heterocycles. The third-order valence-corrected chi connectivity index (χ3v) is 7.78. The van der Waals surface area contributed by atoms with Crippen LogP contribution in [0.2, 0.25) is 5.02 Å². The second-order valence-electron chi connectivity index (χ2n) is 7.32. The molecule has 0 saturated heterocycles. The van der Waals surface area contributed by atoms with Crippen LogP contribution in [0.25, 0.3) is 16.9 Å². The summed E-state index contributed by atoms with van der Waals surface area (Å²) in [6.07, 6.45) is 3.08. The minimum atomic E-state index is -3.50. The van der Waals surface area contributed by atoms with Gasteiger partial charge >= 0.3 is 0 Å². The maximum absolute atomic E-state index is 13.1. The molecular formula is C22H19ClN2O3S2. The van der Waals surface area contributed by atoms with E-state index in [1.54, 1.807) is 0 Å². The fourth-order valence-corrected chi connectivity index (χ4v) is 6.18. The van der Waals surface area contributed by atoms with Gasteiger partial charge in [-0.2, -0.15) is 0 Å². The number of ketones is 1. The quantitative estimate of drug-likeness (QED) is 0.387. The molecule has 0 fully saturated rings. The zero-order valence-corrected chi connectivity index (χ0v) is 19.0. The number of imidazole rings is 1. The van der Waals surface area contributed by atoms with Gasteiger partial charge in [-0.1, -0.05) is 47.5 Å². The van der Waals surface area contributed by atoms with E-state index in [9.17, 15) is 13.2 Å². The average Bonchev–Trinajstić information content (AvgIpc) is 3.23. The van der Waals surface area contributed by atoms with Crippen molar-refractivity contribution in [3.63, 3.8) is 0 Å². The van der Waals surface area contributed by atoms with Crippen molar-refractivity contribution in [2.45, 2.75) is 25.2 Å². The summed E-state index contributed by atoms with van der Waals surface area (Å²) < 4.78 is 25.7. The van der Waals surface area contributed by atoms with Gasteiger partial charge in [0.15, 0.2) is 15.6 Å². The first-order valence-corrected chi connectivity index (χ1v) is 12.3. The predicted octanol–water partition coefficient (Wildman–Crippen LogP) is 5.16. The predicted molar refractivity (Wildman–Crippen MR) is 121 cm³/mol. The zero-order valence-electron chi connectivity index (χ0n) is 16.6. The Kier molecular flexibility index (Phi) is 5.30. The maximum Gasteiger partial charge on any atom is 0.180 e. The lowest BCUT2D eigenvalue weighted by Crippen LogP contribution is -2.07. The molecule has 30 heavy (non-hydrogen) atoms. The Hall–Kier alpha value is -2.48. The second-order valence-corrected chi connectivity index (χ2v) is 10.6. The van der Waals surface area contributed by atoms with Crippen LogP contribution in [0.4, 0.5) is 0 Å². The Morgan fingerprint density at radius 1 is 1.10 bits per heavy atom. The first kappa shape index (κ1) is 20.8. The molecule has 0 unspecified atom stereocenters. The van der Waals surface area contributed by atoms with Crippen molar-refractivity contribution < 1.29 is 13.2 Å². The molecular weight excluding hydrogens is 440 g/mol. The van der Waals surface area contributed by atoms with E-state index in [-0.39, 0.29) is 27.0 Å². The third kappa shape index (κ3) is 3.80. The number of aromatic nitrogens is 2. The van der Waals surface area contributed by atoms with Crippen molar-refractivity contribution in [3.8, 4) is 11.3 Å². The topological polar surface area (TPSA) is 68.5 Å². The van der Waals surface area contributed by atoms with Gasteiger partial charge in [-0.3, -0.25) is 4.79 Å². The van der Waals surface area contributed by atoms with Gasteiger partial charge in [-0.15, -0.1) is 11.3 Å². The van der Waals surface area contributed by atoms with Crippen LogP contribution in [0, 0.1) is 13.8 Å². The number of halogens is 1. The molecule has 0 aliphatic rings. The number of sulfone groups is 1. The van der Waals surface area contributed by atoms with E-state index >= 15 is 0 Å². The lowest BCUT2D eigenvalue weighted by molar-refractivity contribution is 0.0995. The first-order valence-electron chi connectivity index (χ1n) is 9.20. The summed E-state index contributed by atoms with van der Waals surface area (Å²) in [4.78, 5) is 18.1. The normalized spacial score (nSPS) is 11.9. The Labute approximate surface area is 183 Å². The summed E-state index contributed by atoms with van der Waals surface area (Å²) >= 11 is 7.30. The number of hydrogen-bond acceptors (Lipinski definition) is 5. The largest absolute Gasteiger partial charge is 0.303 e. The van der Waals surface area contributed by atoms with Crippen molar-refractivity contribution in [2.24, 2.45) is 0 Å². The van der Waals surface area contributed by atoms with Crippen LogP contribution in [0.3, 0.4) is 0 Å². The van der Waals surface area contributed by atoms with Crippen LogP contribution < -0.4 is 0 Å². The Morgan fingerprint density at radius 3 is 2.40 bits per heavy atom. The number of hydrogen-bond donors (Lipinski definition) is 0. The van der Waals surface area contributed by atoms with Crippen molar-refractivity contribution >= 4 is 44.2 Å². The molecule has 0 radical (unpaired) electrons. The summed E-state index contributed by atoms with van der Waals surface area (Å²) in [5, 5.41) is 1.42. The van der Waals surface area contributed by atoms with E-state index in [1.165, 1.54) is 5.38 Å². The van der Waals surface area contributed by atoms with Gasteiger partial charge in [0.2, 0.25) is 0 Å². The molecule has 8 heteroatoms. The van der Waals surface area contributed by atoms with Gasteiger partial charge in [0, 0.05) is 23.4 Å². The molecule has 4 aromatic rings. The van der Waals surface area contributed by atoms with E-state index in [4.69, 9.17) is 16.6 Å². The smallest absolute Gasteiger partial charge is 0.180 e. The lowest BCUT2D eigenvalue weighted by atomic mass is 10.0. The highest BCUT2D eigenvalue weighted by molar-refractivity contribution is 7.91. The molecule has 154 valence electrons. The maximum atomic E-state index is 13.1. The highest BCUT2D eigenvalue weighted by Gasteiger charge is 2.24. The molecule has 0 atom stereocenters. The van der Waals surface area contributed by atoms with Gasteiger partial charge < -0.3 is 4.40 Å². The number of rotatable bonds is 5. The number of benzene rings is 1. The third-order valence-electron chi connectivity index (χ3n) is 4.87. The lowest BCUT2D eigenvalue weighted by Gasteiger charge is -2.06. The summed E-state index contributed by atoms with van der Waals surface area (Å²) in [6, 6.07) is 11.9. The van der Waals surface area contributed by atoms with E-state index < -0.39 is 9.84 Å². The molecule has 0 aliphatic carbocycles. The van der Waals surface area contributed by atoms with Crippen LogP contribution in [-0.2, 0) is 16.3 Å². The van der Waals surface area contributed by atoms with Crippen molar-refractivity contribution in [1.29, 1.82) is 0 Å². The van der Waals surface area contributed by atoms with Gasteiger partial charge in [-0.25, -0.2) is 13.4 Å². The molecule has 0 spiro atoms. The Bertz CT molecular complexity index is 1380. The molecule has 0 amide bonds. The SMILES string of the molecule is Cc1ccc(-c2nc3ccc(C)cn3c2CC(=O)c2scc(S(C)(=O)=O)c2Cl)cc1. The molecule has 1 aromatic carbocycles. The van der Waals surface area contributed by atoms with Gasteiger partial charge in [0.05, 0.1) is 32.6 Å². The molecule has 5 nitrogen and oxygen atoms in total. The van der Waals surface area contributed by atoms with Crippen LogP contribution in [0.1, 0.15) is 26.5 Å². The number of Topliss-reactive ketones (excluding diaryl/α,β-unsaturated/α-hetero) is 1. The first-order chi connectivity index (χ1) is 14.1. The van der Waals surface area contributed by atoms with Gasteiger partial charge in [0.1, 0.15) is 5.65 Å². The van der Waals surface area contributed by atoms with Crippen LogP contribution in [0.15, 0.2) is 52.9 Å². The van der Waals surface area contributed by atoms with E-state index in [0.29, 0.717) is 0 Å².